The van der Waals surface area contributed by atoms with E-state index in [1.54, 1.807) is 24.0 Å². The molecule has 1 aromatic carbocycles. The Morgan fingerprint density at radius 2 is 1.76 bits per heavy atom. The summed E-state index contributed by atoms with van der Waals surface area (Å²) in [6.07, 6.45) is 3.60. The lowest BCUT2D eigenvalue weighted by Crippen LogP contribution is -1.96. The van der Waals surface area contributed by atoms with Crippen molar-refractivity contribution in [3.63, 3.8) is 0 Å². The van der Waals surface area contributed by atoms with Gasteiger partial charge in [0.2, 0.25) is 0 Å². The van der Waals surface area contributed by atoms with Crippen molar-refractivity contribution in [3.05, 3.63) is 41.6 Å². The average Bonchev–Trinajstić information content (AvgIpc) is 2.77. The standard InChI is InChI=1S/C16H16N4O/c1-9-5-12(13-7-17-11(3)18-8-13)6-14-15(10(2)21)19-20(4)16(9)14/h5-8H,1-4H3. The van der Waals surface area contributed by atoms with Gasteiger partial charge < -0.3 is 0 Å². The Morgan fingerprint density at radius 1 is 1.10 bits per heavy atom. The number of carbonyl (C=O) groups is 1. The maximum atomic E-state index is 11.8. The van der Waals surface area contributed by atoms with Gasteiger partial charge in [-0.2, -0.15) is 5.10 Å². The first-order valence-electron chi connectivity index (χ1n) is 6.74. The minimum Gasteiger partial charge on any atom is -0.293 e. The third-order valence-corrected chi connectivity index (χ3v) is 3.58. The van der Waals surface area contributed by atoms with Crippen LogP contribution in [0.2, 0.25) is 0 Å². The Hall–Kier alpha value is -2.56. The Balaban J connectivity index is 2.29. The number of Topliss-reactive ketones (excluding diaryl/α,β-unsaturated/α-hetero) is 1. The highest BCUT2D eigenvalue weighted by Crippen LogP contribution is 2.29. The van der Waals surface area contributed by atoms with Crippen molar-refractivity contribution in [2.75, 3.05) is 0 Å². The van der Waals surface area contributed by atoms with E-state index in [0.717, 1.165) is 33.4 Å². The lowest BCUT2D eigenvalue weighted by Gasteiger charge is -2.06. The monoisotopic (exact) mass is 280 g/mol. The maximum absolute atomic E-state index is 11.8. The van der Waals surface area contributed by atoms with Crippen molar-refractivity contribution in [1.29, 1.82) is 0 Å². The van der Waals surface area contributed by atoms with Gasteiger partial charge in [-0.25, -0.2) is 9.97 Å². The second-order valence-electron chi connectivity index (χ2n) is 5.24. The summed E-state index contributed by atoms with van der Waals surface area (Å²) in [5, 5.41) is 5.21. The van der Waals surface area contributed by atoms with Crippen LogP contribution in [0.5, 0.6) is 0 Å². The summed E-state index contributed by atoms with van der Waals surface area (Å²) < 4.78 is 1.76. The predicted octanol–water partition coefficient (Wildman–Crippen LogP) is 2.85. The second-order valence-corrected chi connectivity index (χ2v) is 5.24. The largest absolute Gasteiger partial charge is 0.293 e. The molecule has 0 unspecified atom stereocenters. The van der Waals surface area contributed by atoms with Gasteiger partial charge in [-0.3, -0.25) is 9.48 Å². The summed E-state index contributed by atoms with van der Waals surface area (Å²) in [5.74, 6) is 0.708. The summed E-state index contributed by atoms with van der Waals surface area (Å²) in [6.45, 7) is 5.42. The highest BCUT2D eigenvalue weighted by Gasteiger charge is 2.15. The maximum Gasteiger partial charge on any atom is 0.180 e. The van der Waals surface area contributed by atoms with E-state index in [2.05, 4.69) is 21.1 Å². The van der Waals surface area contributed by atoms with Crippen LogP contribution in [-0.2, 0) is 7.05 Å². The van der Waals surface area contributed by atoms with E-state index in [-0.39, 0.29) is 5.78 Å². The van der Waals surface area contributed by atoms with Crippen LogP contribution >= 0.6 is 0 Å². The zero-order valence-corrected chi connectivity index (χ0v) is 12.5. The summed E-state index contributed by atoms with van der Waals surface area (Å²) in [6, 6.07) is 4.06. The summed E-state index contributed by atoms with van der Waals surface area (Å²) >= 11 is 0. The first-order chi connectivity index (χ1) is 9.97. The molecule has 2 aromatic heterocycles. The second kappa shape index (κ2) is 4.77. The van der Waals surface area contributed by atoms with Crippen molar-refractivity contribution >= 4 is 16.7 Å². The molecule has 0 aliphatic carbocycles. The van der Waals surface area contributed by atoms with Crippen LogP contribution in [0, 0.1) is 13.8 Å². The molecule has 0 bridgehead atoms. The van der Waals surface area contributed by atoms with Crippen LogP contribution in [-0.4, -0.2) is 25.5 Å². The number of aromatic nitrogens is 4. The number of aryl methyl sites for hydroxylation is 3. The molecule has 3 aromatic rings. The summed E-state index contributed by atoms with van der Waals surface area (Å²) in [5.41, 5.74) is 4.49. The number of hydrogen-bond donors (Lipinski definition) is 0. The molecule has 0 saturated carbocycles. The molecule has 5 nitrogen and oxygen atoms in total. The zero-order valence-electron chi connectivity index (χ0n) is 12.5. The van der Waals surface area contributed by atoms with E-state index in [1.165, 1.54) is 0 Å². The van der Waals surface area contributed by atoms with Crippen molar-refractivity contribution in [1.82, 2.24) is 19.7 Å². The van der Waals surface area contributed by atoms with Gasteiger partial charge in [-0.1, -0.05) is 0 Å². The predicted molar refractivity (Wildman–Crippen MR) is 81.2 cm³/mol. The minimum atomic E-state index is -0.0303. The minimum absolute atomic E-state index is 0.0303. The van der Waals surface area contributed by atoms with Crippen molar-refractivity contribution in [2.24, 2.45) is 7.05 Å². The van der Waals surface area contributed by atoms with Gasteiger partial charge in [0, 0.05) is 37.3 Å². The van der Waals surface area contributed by atoms with Crippen molar-refractivity contribution < 1.29 is 4.79 Å². The van der Waals surface area contributed by atoms with Gasteiger partial charge in [0.15, 0.2) is 5.78 Å². The van der Waals surface area contributed by atoms with E-state index >= 15 is 0 Å². The van der Waals surface area contributed by atoms with Crippen LogP contribution in [0.25, 0.3) is 22.0 Å². The number of fused-ring (bicyclic) bond motifs is 1. The van der Waals surface area contributed by atoms with Crippen LogP contribution in [0.3, 0.4) is 0 Å². The molecule has 21 heavy (non-hydrogen) atoms. The fourth-order valence-electron chi connectivity index (χ4n) is 2.61. The highest BCUT2D eigenvalue weighted by molar-refractivity contribution is 6.06. The fourth-order valence-corrected chi connectivity index (χ4v) is 2.61. The molecule has 0 N–H and O–H groups in total. The number of hydrogen-bond acceptors (Lipinski definition) is 4. The first-order valence-corrected chi connectivity index (χ1v) is 6.74. The molecule has 2 heterocycles. The molecule has 106 valence electrons. The molecule has 0 atom stereocenters. The highest BCUT2D eigenvalue weighted by atomic mass is 16.1. The molecule has 0 amide bonds. The Morgan fingerprint density at radius 3 is 2.38 bits per heavy atom. The van der Waals surface area contributed by atoms with Crippen molar-refractivity contribution in [2.45, 2.75) is 20.8 Å². The van der Waals surface area contributed by atoms with Crippen LogP contribution in [0.1, 0.15) is 28.8 Å². The quantitative estimate of drug-likeness (QED) is 0.677. The average molecular weight is 280 g/mol. The van der Waals surface area contributed by atoms with Gasteiger partial charge in [0.05, 0.1) is 5.52 Å². The Bertz CT molecular complexity index is 847. The molecule has 0 saturated heterocycles. The first kappa shape index (κ1) is 13.4. The van der Waals surface area contributed by atoms with Gasteiger partial charge in [0.25, 0.3) is 0 Å². The SMILES string of the molecule is CC(=O)c1nn(C)c2c(C)cc(-c3cnc(C)nc3)cc12. The molecular weight excluding hydrogens is 264 g/mol. The van der Waals surface area contributed by atoms with E-state index in [0.29, 0.717) is 5.69 Å². The Labute approximate surface area is 122 Å². The van der Waals surface area contributed by atoms with E-state index in [9.17, 15) is 4.79 Å². The van der Waals surface area contributed by atoms with Gasteiger partial charge in [-0.05, 0) is 37.1 Å². The molecule has 0 radical (unpaired) electrons. The molecular formula is C16H16N4O. The van der Waals surface area contributed by atoms with Gasteiger partial charge in [0.1, 0.15) is 11.5 Å². The molecule has 3 rings (SSSR count). The topological polar surface area (TPSA) is 60.7 Å². The van der Waals surface area contributed by atoms with Gasteiger partial charge in [-0.15, -0.1) is 0 Å². The van der Waals surface area contributed by atoms with E-state index < -0.39 is 0 Å². The molecule has 0 aliphatic heterocycles. The molecule has 5 heteroatoms. The number of ketones is 1. The fraction of sp³-hybridized carbons (Fsp3) is 0.250. The number of rotatable bonds is 2. The normalized spacial score (nSPS) is 11.0. The number of benzene rings is 1. The van der Waals surface area contributed by atoms with Crippen LogP contribution < -0.4 is 0 Å². The summed E-state index contributed by atoms with van der Waals surface area (Å²) in [4.78, 5) is 20.2. The van der Waals surface area contributed by atoms with E-state index in [1.807, 2.05) is 27.0 Å². The van der Waals surface area contributed by atoms with E-state index in [4.69, 9.17) is 0 Å². The summed E-state index contributed by atoms with van der Waals surface area (Å²) in [7, 11) is 1.86. The lowest BCUT2D eigenvalue weighted by molar-refractivity contribution is 0.101. The molecule has 0 spiro atoms. The van der Waals surface area contributed by atoms with Crippen LogP contribution in [0.4, 0.5) is 0 Å². The van der Waals surface area contributed by atoms with Gasteiger partial charge >= 0.3 is 0 Å². The third kappa shape index (κ3) is 2.20. The number of nitrogens with zero attached hydrogens (tertiary/aromatic N) is 4. The molecule has 0 aliphatic rings. The van der Waals surface area contributed by atoms with Crippen molar-refractivity contribution in [3.8, 4) is 11.1 Å². The number of carbonyl (C=O) groups excluding carboxylic acids is 1. The lowest BCUT2D eigenvalue weighted by atomic mass is 10.0. The molecule has 0 fully saturated rings. The zero-order chi connectivity index (χ0) is 15.1. The Kier molecular flexibility index (Phi) is 3.05. The van der Waals surface area contributed by atoms with Crippen LogP contribution in [0.15, 0.2) is 24.5 Å². The smallest absolute Gasteiger partial charge is 0.180 e. The third-order valence-electron chi connectivity index (χ3n) is 3.58.